The van der Waals surface area contributed by atoms with Crippen LogP contribution in [0, 0.1) is 11.8 Å². The van der Waals surface area contributed by atoms with Crippen molar-refractivity contribution in [3.63, 3.8) is 0 Å². The van der Waals surface area contributed by atoms with Crippen molar-refractivity contribution in [1.82, 2.24) is 0 Å². The zero-order valence-corrected chi connectivity index (χ0v) is 7.41. The van der Waals surface area contributed by atoms with E-state index in [0.717, 1.165) is 0 Å². The highest BCUT2D eigenvalue weighted by Crippen LogP contribution is 2.11. The number of carbonyl (C=O) groups is 2. The molecule has 0 aromatic rings. The van der Waals surface area contributed by atoms with Gasteiger partial charge in [-0.3, -0.25) is 9.59 Å². The van der Waals surface area contributed by atoms with Crippen molar-refractivity contribution >= 4 is 11.8 Å². The second-order valence-corrected chi connectivity index (χ2v) is 2.97. The third-order valence-corrected chi connectivity index (χ3v) is 1.61. The summed E-state index contributed by atoms with van der Waals surface area (Å²) in [7, 11) is 0. The number of Topliss-reactive ketones (excluding diaryl/α,β-unsaturated/α-hetero) is 1. The maximum Gasteiger partial charge on any atom is 0.314 e. The SMILES string of the molecule is C=CCC(C(=O)O)C(=O)C(C)C. The number of carboxylic acids is 1. The quantitative estimate of drug-likeness (QED) is 0.502. The zero-order valence-electron chi connectivity index (χ0n) is 7.41. The molecule has 3 nitrogen and oxygen atoms in total. The molecule has 0 aromatic heterocycles. The summed E-state index contributed by atoms with van der Waals surface area (Å²) in [5.41, 5.74) is 0. The molecule has 0 amide bonds. The largest absolute Gasteiger partial charge is 0.481 e. The Kier molecular flexibility index (Phi) is 4.26. The van der Waals surface area contributed by atoms with Crippen molar-refractivity contribution < 1.29 is 14.7 Å². The standard InChI is InChI=1S/C9H14O3/c1-4-5-7(9(11)12)8(10)6(2)3/h4,6-7H,1,5H2,2-3H3,(H,11,12). The van der Waals surface area contributed by atoms with E-state index in [2.05, 4.69) is 6.58 Å². The fraction of sp³-hybridized carbons (Fsp3) is 0.556. The van der Waals surface area contributed by atoms with Crippen molar-refractivity contribution in [3.8, 4) is 0 Å². The van der Waals surface area contributed by atoms with Crippen LogP contribution >= 0.6 is 0 Å². The van der Waals surface area contributed by atoms with Crippen molar-refractivity contribution in [2.45, 2.75) is 20.3 Å². The maximum absolute atomic E-state index is 11.2. The first-order chi connectivity index (χ1) is 5.50. The second kappa shape index (κ2) is 4.70. The second-order valence-electron chi connectivity index (χ2n) is 2.97. The molecule has 0 aliphatic rings. The summed E-state index contributed by atoms with van der Waals surface area (Å²) in [6.45, 7) is 6.80. The van der Waals surface area contributed by atoms with Crippen LogP contribution in [0.2, 0.25) is 0 Å². The van der Waals surface area contributed by atoms with E-state index in [1.54, 1.807) is 13.8 Å². The van der Waals surface area contributed by atoms with E-state index < -0.39 is 11.9 Å². The van der Waals surface area contributed by atoms with Gasteiger partial charge in [0.2, 0.25) is 0 Å². The van der Waals surface area contributed by atoms with Crippen LogP contribution in [0.4, 0.5) is 0 Å². The molecule has 12 heavy (non-hydrogen) atoms. The molecule has 0 spiro atoms. The molecular formula is C9H14O3. The molecule has 1 atom stereocenters. The Balaban J connectivity index is 4.39. The molecule has 68 valence electrons. The van der Waals surface area contributed by atoms with Gasteiger partial charge in [0.15, 0.2) is 0 Å². The minimum absolute atomic E-state index is 0.215. The minimum Gasteiger partial charge on any atom is -0.481 e. The van der Waals surface area contributed by atoms with E-state index in [1.165, 1.54) is 6.08 Å². The predicted octanol–water partition coefficient (Wildman–Crippen LogP) is 1.49. The van der Waals surface area contributed by atoms with Crippen LogP contribution in [0.5, 0.6) is 0 Å². The molecule has 0 fully saturated rings. The molecule has 0 bridgehead atoms. The third kappa shape index (κ3) is 2.86. The van der Waals surface area contributed by atoms with E-state index in [-0.39, 0.29) is 18.1 Å². The molecule has 0 aromatic carbocycles. The normalized spacial score (nSPS) is 12.6. The Hall–Kier alpha value is -1.12. The summed E-state index contributed by atoms with van der Waals surface area (Å²) in [4.78, 5) is 21.8. The number of allylic oxidation sites excluding steroid dienone is 1. The lowest BCUT2D eigenvalue weighted by Crippen LogP contribution is -2.26. The van der Waals surface area contributed by atoms with Gasteiger partial charge in [0, 0.05) is 5.92 Å². The summed E-state index contributed by atoms with van der Waals surface area (Å²) in [6, 6.07) is 0. The van der Waals surface area contributed by atoms with Gasteiger partial charge in [-0.15, -0.1) is 6.58 Å². The first-order valence-corrected chi connectivity index (χ1v) is 3.88. The molecule has 0 heterocycles. The molecule has 0 aliphatic heterocycles. The highest BCUT2D eigenvalue weighted by atomic mass is 16.4. The van der Waals surface area contributed by atoms with E-state index in [1.807, 2.05) is 0 Å². The van der Waals surface area contributed by atoms with Crippen LogP contribution in [0.1, 0.15) is 20.3 Å². The van der Waals surface area contributed by atoms with Crippen LogP contribution in [0.15, 0.2) is 12.7 Å². The Bertz CT molecular complexity index is 194. The predicted molar refractivity (Wildman–Crippen MR) is 45.8 cm³/mol. The van der Waals surface area contributed by atoms with Crippen LogP contribution in [0.3, 0.4) is 0 Å². The number of aliphatic carboxylic acids is 1. The fourth-order valence-corrected chi connectivity index (χ4v) is 0.908. The summed E-state index contributed by atoms with van der Waals surface area (Å²) >= 11 is 0. The molecule has 0 rings (SSSR count). The smallest absolute Gasteiger partial charge is 0.314 e. The topological polar surface area (TPSA) is 54.4 Å². The molecular weight excluding hydrogens is 156 g/mol. The zero-order chi connectivity index (χ0) is 9.72. The van der Waals surface area contributed by atoms with Gasteiger partial charge in [-0.2, -0.15) is 0 Å². The molecule has 1 unspecified atom stereocenters. The summed E-state index contributed by atoms with van der Waals surface area (Å²) in [6.07, 6.45) is 1.67. The van der Waals surface area contributed by atoms with E-state index in [9.17, 15) is 9.59 Å². The average molecular weight is 170 g/mol. The van der Waals surface area contributed by atoms with Gasteiger partial charge in [0.1, 0.15) is 11.7 Å². The summed E-state index contributed by atoms with van der Waals surface area (Å²) in [5, 5.41) is 8.66. The number of carboxylic acid groups (broad SMARTS) is 1. The molecule has 1 N–H and O–H groups in total. The highest BCUT2D eigenvalue weighted by Gasteiger charge is 2.26. The van der Waals surface area contributed by atoms with Gasteiger partial charge >= 0.3 is 5.97 Å². The lowest BCUT2D eigenvalue weighted by atomic mass is 9.93. The lowest BCUT2D eigenvalue weighted by molar-refractivity contribution is -0.147. The van der Waals surface area contributed by atoms with Gasteiger partial charge in [0.25, 0.3) is 0 Å². The third-order valence-electron chi connectivity index (χ3n) is 1.61. The number of carbonyl (C=O) groups excluding carboxylic acids is 1. The number of rotatable bonds is 5. The first kappa shape index (κ1) is 10.9. The van der Waals surface area contributed by atoms with Gasteiger partial charge < -0.3 is 5.11 Å². The van der Waals surface area contributed by atoms with E-state index in [0.29, 0.717) is 0 Å². The lowest BCUT2D eigenvalue weighted by Gasteiger charge is -2.10. The molecule has 0 saturated heterocycles. The Morgan fingerprint density at radius 2 is 2.00 bits per heavy atom. The van der Waals surface area contributed by atoms with Crippen LogP contribution in [0.25, 0.3) is 0 Å². The van der Waals surface area contributed by atoms with Gasteiger partial charge in [-0.25, -0.2) is 0 Å². The summed E-state index contributed by atoms with van der Waals surface area (Å²) in [5.74, 6) is -2.44. The fourth-order valence-electron chi connectivity index (χ4n) is 0.908. The van der Waals surface area contributed by atoms with Crippen molar-refractivity contribution in [2.75, 3.05) is 0 Å². The minimum atomic E-state index is -1.06. The Morgan fingerprint density at radius 3 is 2.25 bits per heavy atom. The van der Waals surface area contributed by atoms with Crippen molar-refractivity contribution in [1.29, 1.82) is 0 Å². The molecule has 0 aliphatic carbocycles. The monoisotopic (exact) mass is 170 g/mol. The number of hydrogen-bond donors (Lipinski definition) is 1. The van der Waals surface area contributed by atoms with Gasteiger partial charge in [-0.05, 0) is 6.42 Å². The number of ketones is 1. The Labute approximate surface area is 72.1 Å². The molecule has 3 heteroatoms. The van der Waals surface area contributed by atoms with Gasteiger partial charge in [0.05, 0.1) is 0 Å². The summed E-state index contributed by atoms with van der Waals surface area (Å²) < 4.78 is 0. The number of hydrogen-bond acceptors (Lipinski definition) is 2. The highest BCUT2D eigenvalue weighted by molar-refractivity contribution is 5.99. The van der Waals surface area contributed by atoms with Gasteiger partial charge in [-0.1, -0.05) is 19.9 Å². The maximum atomic E-state index is 11.2. The van der Waals surface area contributed by atoms with Crippen LogP contribution < -0.4 is 0 Å². The van der Waals surface area contributed by atoms with Crippen LogP contribution in [-0.4, -0.2) is 16.9 Å². The average Bonchev–Trinajstić information content (AvgIpc) is 1.98. The van der Waals surface area contributed by atoms with Crippen molar-refractivity contribution in [2.24, 2.45) is 11.8 Å². The molecule has 0 saturated carbocycles. The van der Waals surface area contributed by atoms with E-state index >= 15 is 0 Å². The first-order valence-electron chi connectivity index (χ1n) is 3.88. The molecule has 0 radical (unpaired) electrons. The van der Waals surface area contributed by atoms with Crippen LogP contribution in [-0.2, 0) is 9.59 Å². The van der Waals surface area contributed by atoms with E-state index in [4.69, 9.17) is 5.11 Å². The Morgan fingerprint density at radius 1 is 1.50 bits per heavy atom. The van der Waals surface area contributed by atoms with Crippen molar-refractivity contribution in [3.05, 3.63) is 12.7 Å².